The fraction of sp³-hybridized carbons (Fsp3) is 0.360. The Morgan fingerprint density at radius 2 is 1.52 bits per heavy atom. The van der Waals surface area contributed by atoms with E-state index in [9.17, 15) is 15.0 Å². The maximum atomic E-state index is 12.0. The number of aryl methyl sites for hydroxylation is 1. The third kappa shape index (κ3) is 3.69. The highest BCUT2D eigenvalue weighted by Crippen LogP contribution is 2.48. The highest BCUT2D eigenvalue weighted by molar-refractivity contribution is 7.80. The van der Waals surface area contributed by atoms with Gasteiger partial charge in [-0.05, 0) is 83.3 Å². The minimum atomic E-state index is -0.354. The van der Waals surface area contributed by atoms with Crippen molar-refractivity contribution in [1.29, 1.82) is 0 Å². The van der Waals surface area contributed by atoms with Crippen molar-refractivity contribution < 1.29 is 15.0 Å². The van der Waals surface area contributed by atoms with Crippen LogP contribution in [0, 0.1) is 6.92 Å². The Morgan fingerprint density at radius 3 is 2.10 bits per heavy atom. The molecule has 2 aromatic rings. The van der Waals surface area contributed by atoms with Gasteiger partial charge in [-0.25, -0.2) is 0 Å². The van der Waals surface area contributed by atoms with E-state index >= 15 is 0 Å². The number of phenols is 2. The van der Waals surface area contributed by atoms with Crippen LogP contribution in [0.5, 0.6) is 11.5 Å². The van der Waals surface area contributed by atoms with Crippen LogP contribution in [0.4, 0.5) is 0 Å². The first-order chi connectivity index (χ1) is 14.4. The second-order valence-electron chi connectivity index (χ2n) is 9.87. The van der Waals surface area contributed by atoms with Crippen LogP contribution in [0.25, 0.3) is 17.2 Å². The molecule has 1 aliphatic carbocycles. The van der Waals surface area contributed by atoms with Crippen LogP contribution in [0.2, 0.25) is 0 Å². The molecule has 0 spiro atoms. The molecule has 4 rings (SSSR count). The fourth-order valence-electron chi connectivity index (χ4n) is 4.58. The van der Waals surface area contributed by atoms with Crippen LogP contribution in [-0.2, 0) is 15.6 Å². The van der Waals surface area contributed by atoms with E-state index in [0.29, 0.717) is 11.1 Å². The molecule has 5 nitrogen and oxygen atoms in total. The van der Waals surface area contributed by atoms with Gasteiger partial charge in [0.1, 0.15) is 17.2 Å². The van der Waals surface area contributed by atoms with Gasteiger partial charge in [0.25, 0.3) is 5.91 Å². The van der Waals surface area contributed by atoms with Crippen molar-refractivity contribution in [2.24, 2.45) is 0 Å². The number of nitrogens with one attached hydrogen (secondary N) is 2. The average molecular weight is 437 g/mol. The Hall–Kier alpha value is -2.86. The Labute approximate surface area is 188 Å². The zero-order valence-corrected chi connectivity index (χ0v) is 19.3. The molecule has 2 aliphatic rings. The lowest BCUT2D eigenvalue weighted by Crippen LogP contribution is -2.34. The molecule has 0 radical (unpaired) electrons. The molecule has 6 heteroatoms. The number of hydrogen-bond acceptors (Lipinski definition) is 4. The Bertz CT molecular complexity index is 1160. The largest absolute Gasteiger partial charge is 0.507 e. The Balaban J connectivity index is 1.88. The molecular formula is C25H28N2O3S. The summed E-state index contributed by atoms with van der Waals surface area (Å²) in [6.07, 6.45) is 3.76. The second-order valence-corrected chi connectivity index (χ2v) is 10.3. The highest BCUT2D eigenvalue weighted by atomic mass is 32.1. The van der Waals surface area contributed by atoms with Gasteiger partial charge in [-0.1, -0.05) is 33.8 Å². The summed E-state index contributed by atoms with van der Waals surface area (Å²) in [6, 6.07) is 7.45. The highest BCUT2D eigenvalue weighted by Gasteiger charge is 2.37. The van der Waals surface area contributed by atoms with Crippen LogP contribution in [0.1, 0.15) is 62.8 Å². The summed E-state index contributed by atoms with van der Waals surface area (Å²) in [6.45, 7) is 11.1. The average Bonchev–Trinajstić information content (AvgIpc) is 2.98. The third-order valence-corrected chi connectivity index (χ3v) is 6.86. The zero-order chi connectivity index (χ0) is 22.7. The molecule has 1 saturated heterocycles. The van der Waals surface area contributed by atoms with E-state index in [4.69, 9.17) is 12.2 Å². The van der Waals surface area contributed by atoms with E-state index in [0.717, 1.165) is 24.0 Å². The second kappa shape index (κ2) is 7.09. The first-order valence-electron chi connectivity index (χ1n) is 10.4. The van der Waals surface area contributed by atoms with Crippen molar-refractivity contribution in [3.63, 3.8) is 0 Å². The topological polar surface area (TPSA) is 81.6 Å². The van der Waals surface area contributed by atoms with E-state index < -0.39 is 0 Å². The molecule has 1 fully saturated rings. The van der Waals surface area contributed by atoms with Gasteiger partial charge < -0.3 is 15.5 Å². The quantitative estimate of drug-likeness (QED) is 0.403. The summed E-state index contributed by atoms with van der Waals surface area (Å²) < 4.78 is 0. The summed E-state index contributed by atoms with van der Waals surface area (Å²) in [5.41, 5.74) is 6.04. The van der Waals surface area contributed by atoms with Crippen LogP contribution in [0.3, 0.4) is 0 Å². The molecule has 4 N–H and O–H groups in total. The minimum absolute atomic E-state index is 0.00470. The number of fused-ring (bicyclic) bond motifs is 1. The number of carbonyl (C=O) groups excluding carboxylic acids is 1. The van der Waals surface area contributed by atoms with Gasteiger partial charge in [-0.3, -0.25) is 10.1 Å². The molecule has 31 heavy (non-hydrogen) atoms. The molecule has 0 atom stereocenters. The van der Waals surface area contributed by atoms with Gasteiger partial charge in [0.2, 0.25) is 0 Å². The molecule has 1 heterocycles. The van der Waals surface area contributed by atoms with Crippen molar-refractivity contribution in [1.82, 2.24) is 10.6 Å². The summed E-state index contributed by atoms with van der Waals surface area (Å²) >= 11 is 4.97. The smallest absolute Gasteiger partial charge is 0.273 e. The van der Waals surface area contributed by atoms with Gasteiger partial charge in [-0.15, -0.1) is 0 Å². The first kappa shape index (κ1) is 21.4. The summed E-state index contributed by atoms with van der Waals surface area (Å²) in [4.78, 5) is 12.0. The number of carbonyl (C=O) groups is 1. The standard InChI is InChI=1S/C25H28N2O3S/c1-13-8-17-18(25(4,5)7-6-24(17,2)3)11-15(13)16-9-14(20(28)12-21(16)29)10-19-22(30)27-23(31)26-19/h8-12,28-29H,6-7H2,1-5H3,(H2,26,27,30,31)/b19-10-. The van der Waals surface area contributed by atoms with Crippen molar-refractivity contribution >= 4 is 29.3 Å². The van der Waals surface area contributed by atoms with E-state index in [-0.39, 0.29) is 39.0 Å². The predicted octanol–water partition coefficient (Wildman–Crippen LogP) is 4.77. The summed E-state index contributed by atoms with van der Waals surface area (Å²) in [7, 11) is 0. The van der Waals surface area contributed by atoms with Crippen LogP contribution < -0.4 is 10.6 Å². The Morgan fingerprint density at radius 1 is 0.903 bits per heavy atom. The number of amides is 1. The maximum absolute atomic E-state index is 12.0. The molecule has 0 aromatic heterocycles. The molecule has 1 aliphatic heterocycles. The molecule has 2 aromatic carbocycles. The summed E-state index contributed by atoms with van der Waals surface area (Å²) in [5.74, 6) is -0.471. The number of hydrogen-bond donors (Lipinski definition) is 4. The number of rotatable bonds is 2. The van der Waals surface area contributed by atoms with Gasteiger partial charge in [0.05, 0.1) is 0 Å². The number of thiocarbonyl (C=S) groups is 1. The van der Waals surface area contributed by atoms with E-state index in [1.54, 1.807) is 6.07 Å². The molecule has 0 unspecified atom stereocenters. The van der Waals surface area contributed by atoms with Gasteiger partial charge in [-0.2, -0.15) is 0 Å². The predicted molar refractivity (Wildman–Crippen MR) is 127 cm³/mol. The first-order valence-corrected chi connectivity index (χ1v) is 10.9. The van der Waals surface area contributed by atoms with Crippen LogP contribution >= 0.6 is 12.2 Å². The van der Waals surface area contributed by atoms with Gasteiger partial charge in [0, 0.05) is 17.2 Å². The fourth-order valence-corrected chi connectivity index (χ4v) is 4.78. The molecule has 0 saturated carbocycles. The number of benzene rings is 2. The van der Waals surface area contributed by atoms with E-state index in [1.165, 1.54) is 23.3 Å². The van der Waals surface area contributed by atoms with E-state index in [2.05, 4.69) is 50.5 Å². The normalized spacial score (nSPS) is 20.4. The molecule has 0 bridgehead atoms. The lowest BCUT2D eigenvalue weighted by atomic mass is 9.62. The molecular weight excluding hydrogens is 408 g/mol. The molecule has 1 amide bonds. The van der Waals surface area contributed by atoms with E-state index in [1.807, 2.05) is 6.92 Å². The third-order valence-electron chi connectivity index (χ3n) is 6.65. The monoisotopic (exact) mass is 436 g/mol. The summed E-state index contributed by atoms with van der Waals surface area (Å²) in [5, 5.41) is 26.6. The van der Waals surface area contributed by atoms with Crippen LogP contribution in [-0.4, -0.2) is 21.2 Å². The number of aromatic hydroxyl groups is 2. The van der Waals surface area contributed by atoms with Crippen molar-refractivity contribution in [3.05, 3.63) is 52.2 Å². The minimum Gasteiger partial charge on any atom is -0.507 e. The van der Waals surface area contributed by atoms with Crippen LogP contribution in [0.15, 0.2) is 30.0 Å². The van der Waals surface area contributed by atoms with Gasteiger partial charge in [0.15, 0.2) is 5.11 Å². The number of phenolic OH excluding ortho intramolecular Hbond substituents is 2. The lowest BCUT2D eigenvalue weighted by Gasteiger charge is -2.42. The lowest BCUT2D eigenvalue weighted by molar-refractivity contribution is -0.115. The van der Waals surface area contributed by atoms with Gasteiger partial charge >= 0.3 is 0 Å². The zero-order valence-electron chi connectivity index (χ0n) is 18.5. The van der Waals surface area contributed by atoms with Crippen molar-refractivity contribution in [2.45, 2.75) is 58.3 Å². The van der Waals surface area contributed by atoms with Crippen molar-refractivity contribution in [2.75, 3.05) is 0 Å². The molecule has 162 valence electrons. The van der Waals surface area contributed by atoms with Crippen molar-refractivity contribution in [3.8, 4) is 22.6 Å². The Kier molecular flexibility index (Phi) is 4.89. The maximum Gasteiger partial charge on any atom is 0.273 e. The SMILES string of the molecule is Cc1cc2c(cc1-c1cc(/C=C3\NC(=S)NC3=O)c(O)cc1O)C(C)(C)CCC2(C)C.